The first-order valence-electron chi connectivity index (χ1n) is 6.76. The largest absolute Gasteiger partial charge is 0.479 e. The van der Waals surface area contributed by atoms with E-state index in [0.29, 0.717) is 0 Å². The molecule has 6 nitrogen and oxygen atoms in total. The Morgan fingerprint density at radius 3 is 1.31 bits per heavy atom. The van der Waals surface area contributed by atoms with Gasteiger partial charge in [0.05, 0.1) is 0 Å². The van der Waals surface area contributed by atoms with Crippen LogP contribution in [-0.2, 0) is 9.59 Å². The molecule has 2 atom stereocenters. The van der Waals surface area contributed by atoms with Gasteiger partial charge in [-0.15, -0.1) is 0 Å². The molecule has 10 heteroatoms. The van der Waals surface area contributed by atoms with E-state index >= 15 is 0 Å². The third-order valence-corrected chi connectivity index (χ3v) is 3.64. The van der Waals surface area contributed by atoms with Gasteiger partial charge in [0.1, 0.15) is 11.6 Å². The number of benzene rings is 2. The number of carboxylic acids is 2. The lowest BCUT2D eigenvalue weighted by Crippen LogP contribution is -2.10. The Balaban J connectivity index is 0.000000260. The van der Waals surface area contributed by atoms with Crippen molar-refractivity contribution in [2.75, 3.05) is 0 Å². The Bertz CT molecular complexity index is 748. The van der Waals surface area contributed by atoms with Crippen molar-refractivity contribution in [3.8, 4) is 0 Å². The average Bonchev–Trinajstić information content (AvgIpc) is 2.54. The van der Waals surface area contributed by atoms with Gasteiger partial charge in [-0.05, 0) is 24.3 Å². The molecule has 0 heterocycles. The van der Waals surface area contributed by atoms with E-state index in [9.17, 15) is 18.4 Å². The molecule has 26 heavy (non-hydrogen) atoms. The normalized spacial score (nSPS) is 12.5. The summed E-state index contributed by atoms with van der Waals surface area (Å²) in [5.74, 6) is -4.00. The van der Waals surface area contributed by atoms with Gasteiger partial charge < -0.3 is 20.4 Å². The van der Waals surface area contributed by atoms with Crippen LogP contribution >= 0.6 is 23.2 Å². The standard InChI is InChI=1S/2C8H6ClFO3/c2*9-6-3-4(10)1-2-5(6)7(11)8(12)13/h2*1-3,7,11H,(H,12,13)/t2*7-/m00/s1. The Labute approximate surface area is 155 Å². The third kappa shape index (κ3) is 5.92. The third-order valence-electron chi connectivity index (χ3n) is 2.98. The summed E-state index contributed by atoms with van der Waals surface area (Å²) < 4.78 is 25.0. The molecule has 0 aromatic heterocycles. The molecule has 2 rings (SSSR count). The van der Waals surface area contributed by atoms with Crippen LogP contribution in [0.4, 0.5) is 8.78 Å². The van der Waals surface area contributed by atoms with Crippen LogP contribution in [0.25, 0.3) is 0 Å². The van der Waals surface area contributed by atoms with Crippen LogP contribution in [0.1, 0.15) is 23.3 Å². The summed E-state index contributed by atoms with van der Waals surface area (Å²) >= 11 is 11.0. The fraction of sp³-hybridized carbons (Fsp3) is 0.125. The number of carboxylic acid groups (broad SMARTS) is 2. The maximum Gasteiger partial charge on any atom is 0.337 e. The van der Waals surface area contributed by atoms with Crippen LogP contribution in [0.2, 0.25) is 10.0 Å². The number of aliphatic carboxylic acids is 2. The smallest absolute Gasteiger partial charge is 0.337 e. The first kappa shape index (κ1) is 21.8. The van der Waals surface area contributed by atoms with Crippen molar-refractivity contribution in [1.29, 1.82) is 0 Å². The van der Waals surface area contributed by atoms with Gasteiger partial charge in [-0.3, -0.25) is 0 Å². The molecule has 0 radical (unpaired) electrons. The molecule has 0 saturated heterocycles. The summed E-state index contributed by atoms with van der Waals surface area (Å²) in [6.07, 6.45) is -3.43. The molecule has 0 aliphatic rings. The lowest BCUT2D eigenvalue weighted by atomic mass is 10.1. The van der Waals surface area contributed by atoms with E-state index in [0.717, 1.165) is 36.4 Å². The maximum absolute atomic E-state index is 12.5. The van der Waals surface area contributed by atoms with E-state index in [4.69, 9.17) is 43.6 Å². The van der Waals surface area contributed by atoms with Gasteiger partial charge in [-0.25, -0.2) is 18.4 Å². The lowest BCUT2D eigenvalue weighted by Gasteiger charge is -2.07. The van der Waals surface area contributed by atoms with Crippen LogP contribution in [-0.4, -0.2) is 32.4 Å². The van der Waals surface area contributed by atoms with E-state index in [1.807, 2.05) is 0 Å². The first-order chi connectivity index (χ1) is 12.0. The minimum atomic E-state index is -1.71. The number of aliphatic hydroxyl groups excluding tert-OH is 2. The number of rotatable bonds is 4. The van der Waals surface area contributed by atoms with Gasteiger partial charge in [0, 0.05) is 21.2 Å². The number of hydrogen-bond donors (Lipinski definition) is 4. The molecular formula is C16H12Cl2F2O6. The number of hydrogen-bond acceptors (Lipinski definition) is 4. The van der Waals surface area contributed by atoms with Crippen molar-refractivity contribution in [3.05, 3.63) is 69.2 Å². The molecule has 0 spiro atoms. The number of aliphatic hydroxyl groups is 2. The highest BCUT2D eigenvalue weighted by molar-refractivity contribution is 6.31. The summed E-state index contributed by atoms with van der Waals surface area (Å²) in [6.45, 7) is 0. The van der Waals surface area contributed by atoms with Crippen LogP contribution in [0, 0.1) is 11.6 Å². The fourth-order valence-corrected chi connectivity index (χ4v) is 2.25. The Kier molecular flexibility index (Phi) is 7.91. The predicted octanol–water partition coefficient (Wildman–Crippen LogP) is 3.19. The summed E-state index contributed by atoms with van der Waals surface area (Å²) in [5, 5.41) is 34.8. The molecule has 0 amide bonds. The molecule has 0 aliphatic heterocycles. The second-order valence-electron chi connectivity index (χ2n) is 4.81. The second-order valence-corrected chi connectivity index (χ2v) is 5.63. The first-order valence-corrected chi connectivity index (χ1v) is 7.51. The van der Waals surface area contributed by atoms with Gasteiger partial charge in [-0.1, -0.05) is 35.3 Å². The molecule has 140 valence electrons. The van der Waals surface area contributed by atoms with Crippen molar-refractivity contribution < 1.29 is 38.8 Å². The van der Waals surface area contributed by atoms with Crippen LogP contribution < -0.4 is 0 Å². The topological polar surface area (TPSA) is 115 Å². The predicted molar refractivity (Wildman–Crippen MR) is 88.0 cm³/mol. The van der Waals surface area contributed by atoms with E-state index < -0.39 is 35.8 Å². The molecule has 0 aliphatic carbocycles. The SMILES string of the molecule is O=C(O)[C@@H](O)c1ccc(F)cc1Cl.O=C(O)[C@@H](O)c1ccc(F)cc1Cl. The van der Waals surface area contributed by atoms with E-state index in [1.54, 1.807) is 0 Å². The van der Waals surface area contributed by atoms with Gasteiger partial charge in [0.25, 0.3) is 0 Å². The molecule has 0 bridgehead atoms. The minimum Gasteiger partial charge on any atom is -0.479 e. The van der Waals surface area contributed by atoms with Crippen molar-refractivity contribution in [1.82, 2.24) is 0 Å². The summed E-state index contributed by atoms with van der Waals surface area (Å²) in [7, 11) is 0. The van der Waals surface area contributed by atoms with Crippen LogP contribution in [0.15, 0.2) is 36.4 Å². The van der Waals surface area contributed by atoms with Crippen molar-refractivity contribution in [2.45, 2.75) is 12.2 Å². The second kappa shape index (κ2) is 9.44. The van der Waals surface area contributed by atoms with E-state index in [1.165, 1.54) is 0 Å². The Morgan fingerprint density at radius 2 is 1.08 bits per heavy atom. The zero-order chi connectivity index (χ0) is 20.0. The number of carbonyl (C=O) groups is 2. The zero-order valence-electron chi connectivity index (χ0n) is 12.7. The molecule has 0 fully saturated rings. The summed E-state index contributed by atoms with van der Waals surface area (Å²) in [4.78, 5) is 20.7. The maximum atomic E-state index is 12.5. The van der Waals surface area contributed by atoms with Gasteiger partial charge in [-0.2, -0.15) is 0 Å². The highest BCUT2D eigenvalue weighted by Gasteiger charge is 2.19. The Hall–Kier alpha value is -2.26. The average molecular weight is 409 g/mol. The highest BCUT2D eigenvalue weighted by Crippen LogP contribution is 2.24. The highest BCUT2D eigenvalue weighted by atomic mass is 35.5. The number of halogens is 4. The quantitative estimate of drug-likeness (QED) is 0.617. The Morgan fingerprint density at radius 1 is 0.769 bits per heavy atom. The summed E-state index contributed by atoms with van der Waals surface area (Å²) in [6, 6.07) is 6.24. The molecular weight excluding hydrogens is 397 g/mol. The van der Waals surface area contributed by atoms with Gasteiger partial charge >= 0.3 is 11.9 Å². The molecule has 4 N–H and O–H groups in total. The zero-order valence-corrected chi connectivity index (χ0v) is 14.2. The van der Waals surface area contributed by atoms with Crippen LogP contribution in [0.5, 0.6) is 0 Å². The van der Waals surface area contributed by atoms with Gasteiger partial charge in [0.15, 0.2) is 12.2 Å². The van der Waals surface area contributed by atoms with Crippen LogP contribution in [0.3, 0.4) is 0 Å². The van der Waals surface area contributed by atoms with Crippen molar-refractivity contribution in [3.63, 3.8) is 0 Å². The molecule has 2 aromatic carbocycles. The monoisotopic (exact) mass is 408 g/mol. The molecule has 2 aromatic rings. The molecule has 0 unspecified atom stereocenters. The molecule has 0 saturated carbocycles. The van der Waals surface area contributed by atoms with E-state index in [-0.39, 0.29) is 21.2 Å². The van der Waals surface area contributed by atoms with Gasteiger partial charge in [0.2, 0.25) is 0 Å². The fourth-order valence-electron chi connectivity index (χ4n) is 1.71. The van der Waals surface area contributed by atoms with E-state index in [2.05, 4.69) is 0 Å². The summed E-state index contributed by atoms with van der Waals surface area (Å²) in [5.41, 5.74) is -0.0360. The minimum absolute atomic E-state index is 0.0180. The van der Waals surface area contributed by atoms with Crippen molar-refractivity contribution in [2.24, 2.45) is 0 Å². The lowest BCUT2D eigenvalue weighted by molar-refractivity contribution is -0.147. The van der Waals surface area contributed by atoms with Crippen molar-refractivity contribution >= 4 is 35.1 Å².